The van der Waals surface area contributed by atoms with E-state index in [4.69, 9.17) is 4.55 Å². The molecule has 55 heavy (non-hydrogen) atoms. The summed E-state index contributed by atoms with van der Waals surface area (Å²) >= 11 is 0. The van der Waals surface area contributed by atoms with E-state index in [2.05, 4.69) is 0 Å². The number of alkyl halides is 33. The molecule has 0 saturated heterocycles. The van der Waals surface area contributed by atoms with Crippen molar-refractivity contribution in [3.8, 4) is 0 Å². The zero-order valence-electron chi connectivity index (χ0n) is 23.2. The van der Waals surface area contributed by atoms with Gasteiger partial charge in [0.1, 0.15) is 0 Å². The van der Waals surface area contributed by atoms with E-state index in [1.54, 1.807) is 0 Å². The minimum atomic E-state index is -8.61. The zero-order valence-corrected chi connectivity index (χ0v) is 24.0. The molecule has 0 rings (SSSR count). The minimum Gasteiger partial charge on any atom is -0.281 e. The first-order valence-corrected chi connectivity index (χ1v) is 12.4. The Kier molecular flexibility index (Phi) is 14.0. The van der Waals surface area contributed by atoms with Crippen LogP contribution in [0.4, 0.5) is 145 Å². The van der Waals surface area contributed by atoms with E-state index in [0.29, 0.717) is 0 Å². The van der Waals surface area contributed by atoms with Gasteiger partial charge in [0, 0.05) is 0 Å². The second-order valence-corrected chi connectivity index (χ2v) is 10.6. The van der Waals surface area contributed by atoms with Crippen LogP contribution in [0.3, 0.4) is 0 Å². The number of ether oxygens (including phenoxy) is 2. The lowest BCUT2D eigenvalue weighted by molar-refractivity contribution is -0.558. The van der Waals surface area contributed by atoms with Crippen LogP contribution in [-0.4, -0.2) is 109 Å². The van der Waals surface area contributed by atoms with E-state index in [1.165, 1.54) is 0 Å². The van der Waals surface area contributed by atoms with Crippen molar-refractivity contribution in [3.05, 3.63) is 0 Å². The summed E-state index contributed by atoms with van der Waals surface area (Å²) in [6, 6.07) is 0. The Morgan fingerprint density at radius 2 is 0.582 bits per heavy atom. The second-order valence-electron chi connectivity index (χ2n) is 9.12. The summed E-state index contributed by atoms with van der Waals surface area (Å²) in [5.74, 6) is -63.5. The van der Waals surface area contributed by atoms with Crippen molar-refractivity contribution in [3.63, 3.8) is 0 Å². The molecule has 0 aliphatic rings. The number of halogens is 33. The van der Waals surface area contributed by atoms with Gasteiger partial charge in [0.2, 0.25) is 0 Å². The van der Waals surface area contributed by atoms with Gasteiger partial charge in [-0.05, 0) is 0 Å². The van der Waals surface area contributed by atoms with Gasteiger partial charge < -0.3 is 0 Å². The molecular weight excluding hydrogens is 931 g/mol. The van der Waals surface area contributed by atoms with Crippen molar-refractivity contribution >= 4 is 10.1 Å². The summed E-state index contributed by atoms with van der Waals surface area (Å²) in [5, 5.41) is -7.00. The quantitative estimate of drug-likeness (QED) is 0.131. The van der Waals surface area contributed by atoms with Crippen LogP contribution in [0, 0.1) is 0 Å². The number of hydrogen-bond acceptors (Lipinski definition) is 4. The Labute approximate surface area is 275 Å². The standard InChI is InChI=1S/C12H2F24O2.C4HF9O3S/c13-1-2(14,15)3(16,17)4(18,19)6(22,23)9(29,30)37-11(33,34)12(35,36)38-10(31,32)7(24,25)5(20,21)8(26,27)28;5-1(6,3(9,10)11)2(7,8)4(12,13)17(14,15)16/h1H2;(H,14,15,16). The van der Waals surface area contributed by atoms with Crippen LogP contribution in [0.1, 0.15) is 0 Å². The van der Waals surface area contributed by atoms with Gasteiger partial charge >= 0.3 is 99.5 Å². The molecule has 0 spiro atoms. The van der Waals surface area contributed by atoms with Crippen LogP contribution in [0.15, 0.2) is 0 Å². The highest BCUT2D eigenvalue weighted by atomic mass is 32.2. The smallest absolute Gasteiger partial charge is 0.281 e. The maximum Gasteiger partial charge on any atom is 0.460 e. The van der Waals surface area contributed by atoms with Crippen molar-refractivity contribution in [1.29, 1.82) is 0 Å². The fraction of sp³-hybridized carbons (Fsp3) is 1.00. The van der Waals surface area contributed by atoms with E-state index < -0.39 is 106 Å². The Morgan fingerprint density at radius 3 is 0.800 bits per heavy atom. The number of hydrogen-bond donors (Lipinski definition) is 1. The summed E-state index contributed by atoms with van der Waals surface area (Å²) in [4.78, 5) is 0. The van der Waals surface area contributed by atoms with Crippen LogP contribution in [0.25, 0.3) is 0 Å². The third-order valence-electron chi connectivity index (χ3n) is 5.19. The third kappa shape index (κ3) is 8.70. The fourth-order valence-electron chi connectivity index (χ4n) is 2.15. The minimum absolute atomic E-state index is 0.963. The largest absolute Gasteiger partial charge is 0.460 e. The molecule has 39 heteroatoms. The van der Waals surface area contributed by atoms with E-state index in [0.717, 1.165) is 9.47 Å². The summed E-state index contributed by atoms with van der Waals surface area (Å²) in [5.41, 5.74) is 0. The summed E-state index contributed by atoms with van der Waals surface area (Å²) in [7, 11) is -7.17. The maximum absolute atomic E-state index is 13.2. The molecule has 0 amide bonds. The SMILES string of the molecule is FCC(F)(F)C(F)(F)C(F)(F)C(F)(F)C(F)(F)OC(F)(F)C(F)(F)OC(F)(F)C(F)(F)C(F)(F)C(F)(F)F.O=S(=O)(O)C(F)(F)C(F)(F)C(F)(F)C(F)(F)F. The van der Waals surface area contributed by atoms with Crippen molar-refractivity contribution in [2.45, 2.75) is 89.4 Å². The van der Waals surface area contributed by atoms with Crippen molar-refractivity contribution in [1.82, 2.24) is 0 Å². The van der Waals surface area contributed by atoms with Crippen LogP contribution in [0.2, 0.25) is 0 Å². The van der Waals surface area contributed by atoms with Gasteiger partial charge in [-0.3, -0.25) is 4.55 Å². The zero-order chi connectivity index (χ0) is 46.1. The molecule has 0 aromatic rings. The molecule has 0 aliphatic heterocycles. The van der Waals surface area contributed by atoms with Gasteiger partial charge in [-0.15, -0.1) is 0 Å². The van der Waals surface area contributed by atoms with Gasteiger partial charge in [-0.2, -0.15) is 149 Å². The van der Waals surface area contributed by atoms with Gasteiger partial charge in [0.15, 0.2) is 6.67 Å². The average Bonchev–Trinajstić information content (AvgIpc) is 2.89. The van der Waals surface area contributed by atoms with Crippen LogP contribution >= 0.6 is 0 Å². The van der Waals surface area contributed by atoms with Crippen LogP contribution in [-0.2, 0) is 19.6 Å². The molecule has 0 aromatic heterocycles. The molecule has 5 nitrogen and oxygen atoms in total. The van der Waals surface area contributed by atoms with Gasteiger partial charge in [-0.25, -0.2) is 13.9 Å². The van der Waals surface area contributed by atoms with Crippen LogP contribution in [0.5, 0.6) is 0 Å². The summed E-state index contributed by atoms with van der Waals surface area (Å²) in [6.45, 7) is -4.06. The van der Waals surface area contributed by atoms with Gasteiger partial charge in [0.25, 0.3) is 0 Å². The van der Waals surface area contributed by atoms with Crippen molar-refractivity contribution < 1.29 is 167 Å². The first-order chi connectivity index (χ1) is 23.0. The molecule has 0 heterocycles. The lowest BCUT2D eigenvalue weighted by Crippen LogP contribution is -2.69. The third-order valence-corrected chi connectivity index (χ3v) is 6.09. The first kappa shape index (κ1) is 54.6. The molecule has 0 fully saturated rings. The summed E-state index contributed by atoms with van der Waals surface area (Å²) in [6.07, 6.45) is -48.2. The second kappa shape index (κ2) is 14.1. The Balaban J connectivity index is 0. The van der Waals surface area contributed by atoms with Gasteiger partial charge in [-0.1, -0.05) is 0 Å². The molecule has 0 aromatic carbocycles. The Bertz CT molecular complexity index is 1440. The molecule has 0 saturated carbocycles. The molecule has 0 bridgehead atoms. The lowest BCUT2D eigenvalue weighted by Gasteiger charge is -2.40. The topological polar surface area (TPSA) is 72.8 Å². The van der Waals surface area contributed by atoms with E-state index >= 15 is 0 Å². The predicted octanol–water partition coefficient (Wildman–Crippen LogP) is 10.0. The average molecular weight is 934 g/mol. The monoisotopic (exact) mass is 934 g/mol. The van der Waals surface area contributed by atoms with Crippen LogP contribution < -0.4 is 0 Å². The van der Waals surface area contributed by atoms with E-state index in [-0.39, 0.29) is 0 Å². The molecular formula is C16H3F33O5S. The highest BCUT2D eigenvalue weighted by molar-refractivity contribution is 7.87. The normalized spacial score (nSPS) is 16.5. The van der Waals surface area contributed by atoms with Crippen molar-refractivity contribution in [2.75, 3.05) is 6.67 Å². The highest BCUT2D eigenvalue weighted by Crippen LogP contribution is 2.60. The Hall–Kier alpha value is -2.48. The summed E-state index contributed by atoms with van der Waals surface area (Å²) < 4.78 is 442. The highest BCUT2D eigenvalue weighted by Gasteiger charge is 2.90. The molecule has 0 aliphatic carbocycles. The van der Waals surface area contributed by atoms with E-state index in [9.17, 15) is 153 Å². The molecule has 0 atom stereocenters. The first-order valence-electron chi connectivity index (χ1n) is 11.0. The molecule has 334 valence electrons. The fourth-order valence-corrected chi connectivity index (χ4v) is 2.60. The van der Waals surface area contributed by atoms with Gasteiger partial charge in [0.05, 0.1) is 0 Å². The van der Waals surface area contributed by atoms with E-state index in [1.807, 2.05) is 0 Å². The lowest BCUT2D eigenvalue weighted by atomic mass is 9.98. The predicted molar refractivity (Wildman–Crippen MR) is 96.1 cm³/mol. The van der Waals surface area contributed by atoms with Crippen molar-refractivity contribution in [2.24, 2.45) is 0 Å². The Morgan fingerprint density at radius 1 is 0.345 bits per heavy atom. The maximum atomic E-state index is 13.2. The molecule has 1 N–H and O–H groups in total. The number of rotatable bonds is 15. The molecule has 0 unspecified atom stereocenters. The molecule has 0 radical (unpaired) electrons.